The highest BCUT2D eigenvalue weighted by molar-refractivity contribution is 6.45. The van der Waals surface area contributed by atoms with Gasteiger partial charge in [0.25, 0.3) is 5.91 Å². The number of likely N-dealkylation sites (tertiary alicyclic amines) is 2. The third-order valence-electron chi connectivity index (χ3n) is 7.02. The standard InChI is InChI=1S/C24H37N7O2.C2H6O/c1-26-22-19(8-9-20(28-22)29-12-4-2-3-5-13-29)21(25)23(32)27-18-10-16-31(17-11-18)24(33)30-14-6-7-15-30;1-3-2/h8-9,18,25H,2-7,10-17H2,1H3,(H,26,28)(H,27,32);1-2H3. The molecule has 4 heterocycles. The van der Waals surface area contributed by atoms with Crippen molar-refractivity contribution in [3.05, 3.63) is 17.7 Å². The number of nitrogens with zero attached hydrogens (tertiary/aromatic N) is 4. The van der Waals surface area contributed by atoms with Gasteiger partial charge >= 0.3 is 6.03 Å². The zero-order chi connectivity index (χ0) is 25.9. The monoisotopic (exact) mass is 501 g/mol. The van der Waals surface area contributed by atoms with Crippen LogP contribution in [0.1, 0.15) is 56.9 Å². The van der Waals surface area contributed by atoms with Crippen LogP contribution in [0.4, 0.5) is 16.4 Å². The van der Waals surface area contributed by atoms with E-state index in [4.69, 9.17) is 10.4 Å². The predicted molar refractivity (Wildman–Crippen MR) is 143 cm³/mol. The van der Waals surface area contributed by atoms with E-state index in [0.29, 0.717) is 37.3 Å². The minimum Gasteiger partial charge on any atom is -0.388 e. The van der Waals surface area contributed by atoms with Crippen molar-refractivity contribution in [3.8, 4) is 0 Å². The number of pyridine rings is 1. The SMILES string of the molecule is CNc1nc(N2CCCCCC2)ccc1C(=N)C(=O)NC1CCN(C(=O)N2CCCC2)CC1.COC. The maximum Gasteiger partial charge on any atom is 0.319 e. The van der Waals surface area contributed by atoms with Gasteiger partial charge in [-0.2, -0.15) is 0 Å². The largest absolute Gasteiger partial charge is 0.388 e. The van der Waals surface area contributed by atoms with Gasteiger partial charge in [0.05, 0.1) is 0 Å². The summed E-state index contributed by atoms with van der Waals surface area (Å²) in [6.45, 7) is 4.97. The van der Waals surface area contributed by atoms with E-state index >= 15 is 0 Å². The maximum atomic E-state index is 12.8. The number of carbonyl (C=O) groups is 2. The van der Waals surface area contributed by atoms with Gasteiger partial charge in [0.1, 0.15) is 17.3 Å². The second kappa shape index (κ2) is 14.0. The van der Waals surface area contributed by atoms with Crippen LogP contribution in [0.2, 0.25) is 0 Å². The lowest BCUT2D eigenvalue weighted by molar-refractivity contribution is -0.115. The highest BCUT2D eigenvalue weighted by Crippen LogP contribution is 2.23. The number of anilines is 2. The second-order valence-electron chi connectivity index (χ2n) is 9.71. The number of piperidine rings is 1. The molecule has 0 atom stereocenters. The lowest BCUT2D eigenvalue weighted by Gasteiger charge is -2.34. The molecular weight excluding hydrogens is 458 g/mol. The minimum absolute atomic E-state index is 0.0251. The summed E-state index contributed by atoms with van der Waals surface area (Å²) in [5.41, 5.74) is 0.431. The molecule has 0 radical (unpaired) electrons. The topological polar surface area (TPSA) is 114 Å². The van der Waals surface area contributed by atoms with Gasteiger partial charge in [-0.1, -0.05) is 12.8 Å². The zero-order valence-corrected chi connectivity index (χ0v) is 22.1. The number of hydrogen-bond acceptors (Lipinski definition) is 7. The molecule has 0 spiro atoms. The van der Waals surface area contributed by atoms with Crippen LogP contribution in [0, 0.1) is 5.41 Å². The summed E-state index contributed by atoms with van der Waals surface area (Å²) in [6.07, 6.45) is 8.43. The van der Waals surface area contributed by atoms with Gasteiger partial charge < -0.3 is 30.1 Å². The van der Waals surface area contributed by atoms with Crippen molar-refractivity contribution in [2.24, 2.45) is 0 Å². The highest BCUT2D eigenvalue weighted by Gasteiger charge is 2.29. The molecule has 1 aromatic rings. The third kappa shape index (κ3) is 7.32. The summed E-state index contributed by atoms with van der Waals surface area (Å²) in [5.74, 6) is 1.07. The Morgan fingerprint density at radius 3 is 2.06 bits per heavy atom. The van der Waals surface area contributed by atoms with Crippen LogP contribution in [0.15, 0.2) is 12.1 Å². The molecule has 1 aromatic heterocycles. The molecule has 0 saturated carbocycles. The molecular formula is C26H43N7O3. The normalized spacial score (nSPS) is 18.7. The lowest BCUT2D eigenvalue weighted by Crippen LogP contribution is -2.50. The van der Waals surface area contributed by atoms with Crippen LogP contribution in [-0.2, 0) is 9.53 Å². The van der Waals surface area contributed by atoms with Gasteiger partial charge in [0, 0.05) is 72.1 Å². The summed E-state index contributed by atoms with van der Waals surface area (Å²) in [5, 5.41) is 14.6. The van der Waals surface area contributed by atoms with Gasteiger partial charge in [0.2, 0.25) is 0 Å². The molecule has 36 heavy (non-hydrogen) atoms. The van der Waals surface area contributed by atoms with E-state index in [1.807, 2.05) is 21.9 Å². The van der Waals surface area contributed by atoms with Crippen molar-refractivity contribution in [1.82, 2.24) is 20.1 Å². The fourth-order valence-corrected chi connectivity index (χ4v) is 5.02. The zero-order valence-electron chi connectivity index (χ0n) is 22.1. The smallest absolute Gasteiger partial charge is 0.319 e. The Bertz CT molecular complexity index is 872. The molecule has 3 amide bonds. The maximum absolute atomic E-state index is 12.8. The fraction of sp³-hybridized carbons (Fsp3) is 0.692. The highest BCUT2D eigenvalue weighted by atomic mass is 16.4. The van der Waals surface area contributed by atoms with Crippen molar-refractivity contribution >= 4 is 29.3 Å². The van der Waals surface area contributed by atoms with Crippen LogP contribution < -0.4 is 15.5 Å². The molecule has 4 rings (SSSR count). The van der Waals surface area contributed by atoms with Gasteiger partial charge in [-0.25, -0.2) is 9.78 Å². The van der Waals surface area contributed by atoms with Crippen LogP contribution >= 0.6 is 0 Å². The molecule has 0 aromatic carbocycles. The van der Waals surface area contributed by atoms with Crippen molar-refractivity contribution in [1.29, 1.82) is 5.41 Å². The Balaban J connectivity index is 0.00000115. The quantitative estimate of drug-likeness (QED) is 0.535. The van der Waals surface area contributed by atoms with Crippen LogP contribution in [0.3, 0.4) is 0 Å². The average molecular weight is 502 g/mol. The number of rotatable bonds is 5. The number of nitrogens with one attached hydrogen (secondary N) is 3. The van der Waals surface area contributed by atoms with Gasteiger partial charge in [0.15, 0.2) is 0 Å². The van der Waals surface area contributed by atoms with Crippen molar-refractivity contribution in [3.63, 3.8) is 0 Å². The predicted octanol–water partition coefficient (Wildman–Crippen LogP) is 2.93. The summed E-state index contributed by atoms with van der Waals surface area (Å²) >= 11 is 0. The van der Waals surface area contributed by atoms with Crippen LogP contribution in [0.5, 0.6) is 0 Å². The molecule has 0 bridgehead atoms. The van der Waals surface area contributed by atoms with E-state index in [9.17, 15) is 9.59 Å². The number of ether oxygens (including phenoxy) is 1. The average Bonchev–Trinajstić information content (AvgIpc) is 3.31. The Labute approximate surface area is 215 Å². The molecule has 3 aliphatic rings. The first kappa shape index (κ1) is 27.7. The van der Waals surface area contributed by atoms with Crippen molar-refractivity contribution in [2.45, 2.75) is 57.4 Å². The van der Waals surface area contributed by atoms with E-state index in [1.54, 1.807) is 21.3 Å². The van der Waals surface area contributed by atoms with E-state index in [1.165, 1.54) is 25.7 Å². The van der Waals surface area contributed by atoms with Crippen LogP contribution in [-0.4, -0.2) is 99.0 Å². The van der Waals surface area contributed by atoms with Gasteiger partial charge in [-0.3, -0.25) is 10.2 Å². The second-order valence-corrected chi connectivity index (χ2v) is 9.71. The molecule has 10 nitrogen and oxygen atoms in total. The van der Waals surface area contributed by atoms with Gasteiger partial charge in [-0.15, -0.1) is 0 Å². The Hall–Kier alpha value is -2.88. The molecule has 10 heteroatoms. The first-order valence-electron chi connectivity index (χ1n) is 13.3. The van der Waals surface area contributed by atoms with Gasteiger partial charge in [-0.05, 0) is 50.7 Å². The number of hydrogen-bond donors (Lipinski definition) is 3. The number of carbonyl (C=O) groups excluding carboxylic acids is 2. The van der Waals surface area contributed by atoms with Crippen LogP contribution in [0.25, 0.3) is 0 Å². The first-order valence-corrected chi connectivity index (χ1v) is 13.3. The van der Waals surface area contributed by atoms with E-state index in [0.717, 1.165) is 44.8 Å². The summed E-state index contributed by atoms with van der Waals surface area (Å²) in [7, 11) is 5.02. The third-order valence-corrected chi connectivity index (χ3v) is 7.02. The molecule has 3 aliphatic heterocycles. The molecule has 3 N–H and O–H groups in total. The Morgan fingerprint density at radius 2 is 1.47 bits per heavy atom. The first-order chi connectivity index (χ1) is 17.5. The number of urea groups is 1. The van der Waals surface area contributed by atoms with Crippen molar-refractivity contribution < 1.29 is 14.3 Å². The Kier molecular flexibility index (Phi) is 10.8. The number of amides is 3. The number of methoxy groups -OCH3 is 1. The molecule has 200 valence electrons. The van der Waals surface area contributed by atoms with E-state index < -0.39 is 0 Å². The Morgan fingerprint density at radius 1 is 0.917 bits per heavy atom. The molecule has 3 fully saturated rings. The van der Waals surface area contributed by atoms with E-state index in [2.05, 4.69) is 20.3 Å². The van der Waals surface area contributed by atoms with Crippen molar-refractivity contribution in [2.75, 3.05) is 70.8 Å². The lowest BCUT2D eigenvalue weighted by atomic mass is 10.0. The fourth-order valence-electron chi connectivity index (χ4n) is 5.02. The summed E-state index contributed by atoms with van der Waals surface area (Å²) < 4.78 is 4.25. The summed E-state index contributed by atoms with van der Waals surface area (Å²) in [6, 6.07) is 3.85. The van der Waals surface area contributed by atoms with E-state index in [-0.39, 0.29) is 23.7 Å². The number of aromatic nitrogens is 1. The molecule has 0 unspecified atom stereocenters. The molecule has 0 aliphatic carbocycles. The molecule has 3 saturated heterocycles. The minimum atomic E-state index is -0.389. The summed E-state index contributed by atoms with van der Waals surface area (Å²) in [4.78, 5) is 36.2.